The number of aryl methyl sites for hydroxylation is 1. The first kappa shape index (κ1) is 13.5. The molecule has 1 rings (SSSR count). The number of halogens is 1. The van der Waals surface area contributed by atoms with Crippen LogP contribution in [-0.2, 0) is 17.5 Å². The van der Waals surface area contributed by atoms with Gasteiger partial charge in [-0.1, -0.05) is 36.2 Å². The van der Waals surface area contributed by atoms with Crippen LogP contribution in [0.5, 0.6) is 0 Å². The van der Waals surface area contributed by atoms with Crippen molar-refractivity contribution in [1.29, 1.82) is 0 Å². The fourth-order valence-corrected chi connectivity index (χ4v) is 3.92. The van der Waals surface area contributed by atoms with Crippen molar-refractivity contribution in [3.63, 3.8) is 0 Å². The third-order valence-electron chi connectivity index (χ3n) is 2.00. The molecule has 0 aromatic carbocycles. The Kier molecular flexibility index (Phi) is 6.93. The maximum absolute atomic E-state index is 4.71. The van der Waals surface area contributed by atoms with Crippen molar-refractivity contribution in [1.82, 2.24) is 4.98 Å². The Labute approximate surface area is 109 Å². The van der Waals surface area contributed by atoms with E-state index in [1.807, 2.05) is 23.1 Å². The molecule has 0 radical (unpaired) electrons. The molecule has 0 saturated heterocycles. The van der Waals surface area contributed by atoms with Gasteiger partial charge in [-0.3, -0.25) is 0 Å². The lowest BCUT2D eigenvalue weighted by Crippen LogP contribution is -1.88. The Bertz CT molecular complexity index is 286. The number of hydrogen-bond acceptors (Lipinski definition) is 3. The average Bonchev–Trinajstić information content (AvgIpc) is 2.62. The summed E-state index contributed by atoms with van der Waals surface area (Å²) in [7, 11) is 0. The zero-order chi connectivity index (χ0) is 11.1. The molecule has 4 heteroatoms. The second-order valence-corrected chi connectivity index (χ2v) is 6.25. The molecule has 0 unspecified atom stereocenters. The van der Waals surface area contributed by atoms with Crippen molar-refractivity contribution in [2.24, 2.45) is 0 Å². The molecule has 0 aliphatic carbocycles. The van der Waals surface area contributed by atoms with Gasteiger partial charge in [-0.25, -0.2) is 4.98 Å². The van der Waals surface area contributed by atoms with Crippen LogP contribution in [0.4, 0.5) is 0 Å². The normalized spacial score (nSPS) is 10.9. The summed E-state index contributed by atoms with van der Waals surface area (Å²) in [6.45, 7) is 4.43. The van der Waals surface area contributed by atoms with E-state index in [0.717, 1.165) is 17.5 Å². The van der Waals surface area contributed by atoms with Crippen molar-refractivity contribution in [2.45, 2.75) is 44.2 Å². The van der Waals surface area contributed by atoms with Gasteiger partial charge in [0.25, 0.3) is 0 Å². The second-order valence-electron chi connectivity index (χ2n) is 3.41. The number of alkyl halides is 1. The number of thioether (sulfide) groups is 1. The fourth-order valence-electron chi connectivity index (χ4n) is 1.34. The largest absolute Gasteiger partial charge is 0.245 e. The minimum absolute atomic E-state index is 0.957. The molecule has 0 N–H and O–H groups in total. The van der Waals surface area contributed by atoms with E-state index in [4.69, 9.17) is 4.98 Å². The molecular formula is C11H18BrNS2. The molecule has 1 aromatic rings. The number of hydrogen-bond donors (Lipinski definition) is 0. The van der Waals surface area contributed by atoms with Gasteiger partial charge >= 0.3 is 0 Å². The smallest absolute Gasteiger partial charge is 0.103 e. The van der Waals surface area contributed by atoms with Crippen LogP contribution in [0.15, 0.2) is 0 Å². The van der Waals surface area contributed by atoms with Crippen LogP contribution in [0.2, 0.25) is 0 Å². The fraction of sp³-hybridized carbons (Fsp3) is 0.727. The highest BCUT2D eigenvalue weighted by Crippen LogP contribution is 2.25. The number of thiazole rings is 1. The first-order chi connectivity index (χ1) is 7.31. The molecule has 0 fully saturated rings. The van der Waals surface area contributed by atoms with Gasteiger partial charge in [0, 0.05) is 16.0 Å². The van der Waals surface area contributed by atoms with E-state index >= 15 is 0 Å². The van der Waals surface area contributed by atoms with Crippen LogP contribution >= 0.6 is 39.0 Å². The van der Waals surface area contributed by atoms with E-state index in [1.54, 1.807) is 0 Å². The highest BCUT2D eigenvalue weighted by Gasteiger charge is 2.08. The molecule has 0 aliphatic rings. The summed E-state index contributed by atoms with van der Waals surface area (Å²) in [6, 6.07) is 0. The lowest BCUT2D eigenvalue weighted by Gasteiger charge is -1.94. The second kappa shape index (κ2) is 7.69. The Hall–Kier alpha value is 0.460. The lowest BCUT2D eigenvalue weighted by atomic mass is 10.2. The standard InChI is InChI=1S/C11H18BrNS2/c1-3-5-9-10(7-12)15-11(13-9)8-14-6-4-2/h3-8H2,1-2H3. The third-order valence-corrected chi connectivity index (χ3v) is 5.39. The quantitative estimate of drug-likeness (QED) is 0.538. The first-order valence-electron chi connectivity index (χ1n) is 5.42. The van der Waals surface area contributed by atoms with Crippen LogP contribution in [0.3, 0.4) is 0 Å². The van der Waals surface area contributed by atoms with Crippen molar-refractivity contribution in [2.75, 3.05) is 5.75 Å². The molecular weight excluding hydrogens is 290 g/mol. The predicted octanol–water partition coefficient (Wildman–Crippen LogP) is 4.63. The molecule has 86 valence electrons. The van der Waals surface area contributed by atoms with E-state index < -0.39 is 0 Å². The van der Waals surface area contributed by atoms with Crippen LogP contribution < -0.4 is 0 Å². The molecule has 0 atom stereocenters. The van der Waals surface area contributed by atoms with Gasteiger partial charge in [-0.2, -0.15) is 11.8 Å². The average molecular weight is 308 g/mol. The van der Waals surface area contributed by atoms with Crippen LogP contribution in [0, 0.1) is 0 Å². The Morgan fingerprint density at radius 3 is 2.73 bits per heavy atom. The third kappa shape index (κ3) is 4.45. The molecule has 0 bridgehead atoms. The van der Waals surface area contributed by atoms with Gasteiger partial charge in [-0.15, -0.1) is 11.3 Å². The molecule has 0 spiro atoms. The summed E-state index contributed by atoms with van der Waals surface area (Å²) in [6.07, 6.45) is 3.56. The number of rotatable bonds is 7. The van der Waals surface area contributed by atoms with Crippen molar-refractivity contribution in [3.8, 4) is 0 Å². The SMILES string of the molecule is CCCSCc1nc(CCC)c(CBr)s1. The summed E-state index contributed by atoms with van der Waals surface area (Å²) in [4.78, 5) is 6.13. The minimum atomic E-state index is 0.957. The maximum Gasteiger partial charge on any atom is 0.103 e. The summed E-state index contributed by atoms with van der Waals surface area (Å²) < 4.78 is 0. The number of nitrogens with zero attached hydrogens (tertiary/aromatic N) is 1. The Morgan fingerprint density at radius 2 is 2.13 bits per heavy atom. The highest BCUT2D eigenvalue weighted by atomic mass is 79.9. The summed E-state index contributed by atoms with van der Waals surface area (Å²) >= 11 is 7.40. The predicted molar refractivity (Wildman–Crippen MR) is 75.2 cm³/mol. The molecule has 0 amide bonds. The molecule has 1 heterocycles. The lowest BCUT2D eigenvalue weighted by molar-refractivity contribution is 0.878. The minimum Gasteiger partial charge on any atom is -0.245 e. The zero-order valence-electron chi connectivity index (χ0n) is 9.38. The van der Waals surface area contributed by atoms with Crippen LogP contribution in [0.1, 0.15) is 42.3 Å². The Balaban J connectivity index is 2.57. The molecule has 1 nitrogen and oxygen atoms in total. The summed E-state index contributed by atoms with van der Waals surface area (Å²) in [5, 5.41) is 2.25. The molecule has 15 heavy (non-hydrogen) atoms. The van der Waals surface area contributed by atoms with E-state index in [9.17, 15) is 0 Å². The van der Waals surface area contributed by atoms with E-state index in [0.29, 0.717) is 0 Å². The monoisotopic (exact) mass is 307 g/mol. The Morgan fingerprint density at radius 1 is 1.33 bits per heavy atom. The van der Waals surface area contributed by atoms with E-state index in [2.05, 4.69) is 29.8 Å². The summed E-state index contributed by atoms with van der Waals surface area (Å²) in [5.74, 6) is 2.33. The van der Waals surface area contributed by atoms with Crippen LogP contribution in [0.25, 0.3) is 0 Å². The van der Waals surface area contributed by atoms with E-state index in [-0.39, 0.29) is 0 Å². The first-order valence-corrected chi connectivity index (χ1v) is 8.52. The van der Waals surface area contributed by atoms with Crippen molar-refractivity contribution in [3.05, 3.63) is 15.6 Å². The molecule has 1 aromatic heterocycles. The topological polar surface area (TPSA) is 12.9 Å². The summed E-state index contributed by atoms with van der Waals surface area (Å²) in [5.41, 5.74) is 1.31. The van der Waals surface area contributed by atoms with Gasteiger partial charge in [0.15, 0.2) is 0 Å². The molecule has 0 aliphatic heterocycles. The van der Waals surface area contributed by atoms with Crippen molar-refractivity contribution >= 4 is 39.0 Å². The van der Waals surface area contributed by atoms with Gasteiger partial charge in [-0.05, 0) is 18.6 Å². The van der Waals surface area contributed by atoms with Crippen LogP contribution in [-0.4, -0.2) is 10.7 Å². The van der Waals surface area contributed by atoms with Gasteiger partial charge in [0.2, 0.25) is 0 Å². The highest BCUT2D eigenvalue weighted by molar-refractivity contribution is 9.08. The molecule has 0 saturated carbocycles. The van der Waals surface area contributed by atoms with Gasteiger partial charge < -0.3 is 0 Å². The number of aromatic nitrogens is 1. The van der Waals surface area contributed by atoms with Crippen molar-refractivity contribution < 1.29 is 0 Å². The van der Waals surface area contributed by atoms with Gasteiger partial charge in [0.1, 0.15) is 5.01 Å². The van der Waals surface area contributed by atoms with E-state index in [1.165, 1.54) is 34.2 Å². The maximum atomic E-state index is 4.71. The van der Waals surface area contributed by atoms with Gasteiger partial charge in [0.05, 0.1) is 5.69 Å². The zero-order valence-corrected chi connectivity index (χ0v) is 12.6.